The molecule has 5 heteroatoms. The zero-order valence-electron chi connectivity index (χ0n) is 10.2. The number of benzene rings is 1. The third kappa shape index (κ3) is 2.63. The average molecular weight is 243 g/mol. The molecule has 1 aromatic heterocycles. The van der Waals surface area contributed by atoms with E-state index in [9.17, 15) is 4.79 Å². The van der Waals surface area contributed by atoms with Crippen LogP contribution in [0.3, 0.4) is 0 Å². The zero-order chi connectivity index (χ0) is 13.0. The summed E-state index contributed by atoms with van der Waals surface area (Å²) in [6.45, 7) is 3.71. The van der Waals surface area contributed by atoms with Gasteiger partial charge in [-0.05, 0) is 37.6 Å². The highest BCUT2D eigenvalue weighted by atomic mass is 16.4. The molecule has 0 saturated heterocycles. The lowest BCUT2D eigenvalue weighted by Gasteiger charge is -2.07. The number of hydrogen-bond acceptors (Lipinski definition) is 4. The second-order valence-corrected chi connectivity index (χ2v) is 3.76. The van der Waals surface area contributed by atoms with Crippen molar-refractivity contribution in [2.45, 2.75) is 13.8 Å². The monoisotopic (exact) mass is 243 g/mol. The Bertz CT molecular complexity index is 574. The smallest absolute Gasteiger partial charge is 0.248 e. The molecular formula is C13H13N3O2. The normalized spacial score (nSPS) is 10.8. The van der Waals surface area contributed by atoms with Gasteiger partial charge in [-0.1, -0.05) is 12.1 Å². The molecule has 1 heterocycles. The maximum absolute atomic E-state index is 11.5. The summed E-state index contributed by atoms with van der Waals surface area (Å²) in [5.74, 6) is 0.264. The molecule has 0 aliphatic heterocycles. The Morgan fingerprint density at radius 2 is 2.28 bits per heavy atom. The van der Waals surface area contributed by atoms with Crippen LogP contribution in [0, 0.1) is 6.92 Å². The fourth-order valence-electron chi connectivity index (χ4n) is 1.51. The molecule has 2 rings (SSSR count). The van der Waals surface area contributed by atoms with Crippen LogP contribution in [-0.4, -0.2) is 16.1 Å². The van der Waals surface area contributed by atoms with E-state index >= 15 is 0 Å². The van der Waals surface area contributed by atoms with E-state index in [-0.39, 0.29) is 5.91 Å². The molecule has 0 spiro atoms. The van der Waals surface area contributed by atoms with Crippen molar-refractivity contribution >= 4 is 11.6 Å². The SMILES string of the molecule is CC=CC(=O)Nc1cc(-c2nnco2)ccc1C. The molecule has 1 amide bonds. The second-order valence-electron chi connectivity index (χ2n) is 3.76. The number of carbonyl (C=O) groups is 1. The van der Waals surface area contributed by atoms with Crippen molar-refractivity contribution in [3.63, 3.8) is 0 Å². The van der Waals surface area contributed by atoms with Crippen LogP contribution in [0.4, 0.5) is 5.69 Å². The molecular weight excluding hydrogens is 230 g/mol. The van der Waals surface area contributed by atoms with Crippen LogP contribution in [0.25, 0.3) is 11.5 Å². The predicted octanol–water partition coefficient (Wildman–Crippen LogP) is 2.56. The number of amides is 1. The topological polar surface area (TPSA) is 68.0 Å². The van der Waals surface area contributed by atoms with Gasteiger partial charge < -0.3 is 9.73 Å². The highest BCUT2D eigenvalue weighted by Gasteiger charge is 2.07. The van der Waals surface area contributed by atoms with Crippen molar-refractivity contribution in [1.82, 2.24) is 10.2 Å². The summed E-state index contributed by atoms with van der Waals surface area (Å²) in [4.78, 5) is 11.5. The van der Waals surface area contributed by atoms with E-state index in [1.54, 1.807) is 13.0 Å². The van der Waals surface area contributed by atoms with Crippen LogP contribution in [0.2, 0.25) is 0 Å². The maximum atomic E-state index is 11.5. The zero-order valence-corrected chi connectivity index (χ0v) is 10.2. The third-order valence-corrected chi connectivity index (χ3v) is 2.42. The lowest BCUT2D eigenvalue weighted by molar-refractivity contribution is -0.111. The Kier molecular flexibility index (Phi) is 3.52. The minimum absolute atomic E-state index is 0.164. The van der Waals surface area contributed by atoms with Crippen molar-refractivity contribution in [3.8, 4) is 11.5 Å². The van der Waals surface area contributed by atoms with E-state index < -0.39 is 0 Å². The van der Waals surface area contributed by atoms with Gasteiger partial charge in [0, 0.05) is 11.3 Å². The number of anilines is 1. The number of hydrogen-bond donors (Lipinski definition) is 1. The molecule has 5 nitrogen and oxygen atoms in total. The highest BCUT2D eigenvalue weighted by Crippen LogP contribution is 2.23. The summed E-state index contributed by atoms with van der Waals surface area (Å²) in [6, 6.07) is 5.57. The summed E-state index contributed by atoms with van der Waals surface area (Å²) in [6.07, 6.45) is 4.43. The van der Waals surface area contributed by atoms with Crippen molar-refractivity contribution in [1.29, 1.82) is 0 Å². The van der Waals surface area contributed by atoms with Gasteiger partial charge >= 0.3 is 0 Å². The molecule has 0 atom stereocenters. The number of carbonyl (C=O) groups excluding carboxylic acids is 1. The minimum Gasteiger partial charge on any atom is -0.423 e. The predicted molar refractivity (Wildman–Crippen MR) is 67.9 cm³/mol. The van der Waals surface area contributed by atoms with Crippen LogP contribution >= 0.6 is 0 Å². The third-order valence-electron chi connectivity index (χ3n) is 2.42. The minimum atomic E-state index is -0.164. The fraction of sp³-hybridized carbons (Fsp3) is 0.154. The Hall–Kier alpha value is -2.43. The van der Waals surface area contributed by atoms with Crippen molar-refractivity contribution < 1.29 is 9.21 Å². The summed E-state index contributed by atoms with van der Waals surface area (Å²) in [5.41, 5.74) is 2.47. The molecule has 0 bridgehead atoms. The largest absolute Gasteiger partial charge is 0.423 e. The van der Waals surface area contributed by atoms with E-state index in [4.69, 9.17) is 4.42 Å². The van der Waals surface area contributed by atoms with Gasteiger partial charge in [0.05, 0.1) is 0 Å². The van der Waals surface area contributed by atoms with Crippen LogP contribution < -0.4 is 5.32 Å². The molecule has 2 aromatic rings. The first kappa shape index (κ1) is 12.0. The molecule has 0 saturated carbocycles. The molecule has 0 fully saturated rings. The summed E-state index contributed by atoms with van der Waals surface area (Å²) < 4.78 is 5.12. The first-order valence-electron chi connectivity index (χ1n) is 5.51. The molecule has 18 heavy (non-hydrogen) atoms. The van der Waals surface area contributed by atoms with Gasteiger partial charge in [0.1, 0.15) is 0 Å². The van der Waals surface area contributed by atoms with Crippen LogP contribution in [-0.2, 0) is 4.79 Å². The van der Waals surface area contributed by atoms with Crippen molar-refractivity contribution in [3.05, 3.63) is 42.3 Å². The second kappa shape index (κ2) is 5.27. The maximum Gasteiger partial charge on any atom is 0.248 e. The quantitative estimate of drug-likeness (QED) is 0.841. The van der Waals surface area contributed by atoms with Gasteiger partial charge in [-0.15, -0.1) is 10.2 Å². The molecule has 1 N–H and O–H groups in total. The summed E-state index contributed by atoms with van der Waals surface area (Å²) in [7, 11) is 0. The number of rotatable bonds is 3. The number of aromatic nitrogens is 2. The first-order chi connectivity index (χ1) is 8.70. The van der Waals surface area contributed by atoms with E-state index in [1.165, 1.54) is 12.5 Å². The Balaban J connectivity index is 2.30. The number of nitrogens with one attached hydrogen (secondary N) is 1. The first-order valence-corrected chi connectivity index (χ1v) is 5.51. The van der Waals surface area contributed by atoms with E-state index in [0.29, 0.717) is 5.89 Å². The molecule has 0 unspecified atom stereocenters. The van der Waals surface area contributed by atoms with Gasteiger partial charge in [0.25, 0.3) is 0 Å². The van der Waals surface area contributed by atoms with Crippen LogP contribution in [0.15, 0.2) is 41.2 Å². The highest BCUT2D eigenvalue weighted by molar-refractivity contribution is 6.00. The standard InChI is InChI=1S/C13H13N3O2/c1-3-4-12(17)15-11-7-10(6-5-9(11)2)13-16-14-8-18-13/h3-8H,1-2H3,(H,15,17). The van der Waals surface area contributed by atoms with Crippen LogP contribution in [0.5, 0.6) is 0 Å². The van der Waals surface area contributed by atoms with Gasteiger partial charge in [-0.3, -0.25) is 4.79 Å². The van der Waals surface area contributed by atoms with E-state index in [2.05, 4.69) is 15.5 Å². The van der Waals surface area contributed by atoms with Crippen molar-refractivity contribution in [2.24, 2.45) is 0 Å². The molecule has 0 aliphatic rings. The van der Waals surface area contributed by atoms with Gasteiger partial charge in [-0.2, -0.15) is 0 Å². The molecule has 1 aromatic carbocycles. The van der Waals surface area contributed by atoms with E-state index in [1.807, 2.05) is 25.1 Å². The number of nitrogens with zero attached hydrogens (tertiary/aromatic N) is 2. The summed E-state index contributed by atoms with van der Waals surface area (Å²) in [5, 5.41) is 10.3. The lowest BCUT2D eigenvalue weighted by Crippen LogP contribution is -2.08. The number of allylic oxidation sites excluding steroid dienone is 1. The van der Waals surface area contributed by atoms with E-state index in [0.717, 1.165) is 16.8 Å². The Morgan fingerprint density at radius 1 is 1.44 bits per heavy atom. The number of aryl methyl sites for hydroxylation is 1. The molecule has 92 valence electrons. The average Bonchev–Trinajstić information content (AvgIpc) is 2.86. The van der Waals surface area contributed by atoms with Gasteiger partial charge in [0.15, 0.2) is 0 Å². The van der Waals surface area contributed by atoms with Crippen LogP contribution in [0.1, 0.15) is 12.5 Å². The molecule has 0 radical (unpaired) electrons. The molecule has 0 aliphatic carbocycles. The van der Waals surface area contributed by atoms with Crippen molar-refractivity contribution in [2.75, 3.05) is 5.32 Å². The fourth-order valence-corrected chi connectivity index (χ4v) is 1.51. The summed E-state index contributed by atoms with van der Waals surface area (Å²) >= 11 is 0. The van der Waals surface area contributed by atoms with Gasteiger partial charge in [0.2, 0.25) is 18.2 Å². The Morgan fingerprint density at radius 3 is 2.94 bits per heavy atom. The lowest BCUT2D eigenvalue weighted by atomic mass is 10.1. The Labute approximate surface area is 105 Å². The van der Waals surface area contributed by atoms with Gasteiger partial charge in [-0.25, -0.2) is 0 Å².